The number of hydrogen-bond donors (Lipinski definition) is 2. The van der Waals surface area contributed by atoms with Gasteiger partial charge in [0.25, 0.3) is 0 Å². The largest absolute Gasteiger partial charge is 0.397 e. The third-order valence-electron chi connectivity index (χ3n) is 2.87. The Balaban J connectivity index is 2.10. The number of hydrogen-bond acceptors (Lipinski definition) is 3. The fourth-order valence-electron chi connectivity index (χ4n) is 1.81. The monoisotopic (exact) mass is 188 g/mol. The van der Waals surface area contributed by atoms with Gasteiger partial charge in [0.2, 0.25) is 0 Å². The van der Waals surface area contributed by atoms with Crippen LogP contribution in [0.1, 0.15) is 31.0 Å². The van der Waals surface area contributed by atoms with Crippen molar-refractivity contribution in [2.75, 3.05) is 5.73 Å². The van der Waals surface area contributed by atoms with Crippen molar-refractivity contribution in [2.45, 2.75) is 25.2 Å². The fraction of sp³-hybridized carbons (Fsp3) is 0.400. The molecule has 14 heavy (non-hydrogen) atoms. The van der Waals surface area contributed by atoms with E-state index in [-0.39, 0.29) is 0 Å². The Labute approximate surface area is 81.6 Å². The van der Waals surface area contributed by atoms with Gasteiger partial charge in [-0.15, -0.1) is 0 Å². The van der Waals surface area contributed by atoms with Crippen LogP contribution in [0, 0.1) is 0 Å². The smallest absolute Gasteiger partial charge is 0.177 e. The second-order valence-corrected chi connectivity index (χ2v) is 3.89. The van der Waals surface area contributed by atoms with Crippen LogP contribution in [0.15, 0.2) is 12.3 Å². The lowest BCUT2D eigenvalue weighted by Gasteiger charge is -2.22. The fourth-order valence-corrected chi connectivity index (χ4v) is 1.81. The molecule has 0 unspecified atom stereocenters. The van der Waals surface area contributed by atoms with Gasteiger partial charge >= 0.3 is 0 Å². The van der Waals surface area contributed by atoms with Crippen LogP contribution >= 0.6 is 0 Å². The van der Waals surface area contributed by atoms with Crippen LogP contribution < -0.4 is 5.73 Å². The highest BCUT2D eigenvalue weighted by Crippen LogP contribution is 2.35. The van der Waals surface area contributed by atoms with Crippen molar-refractivity contribution >= 4 is 16.9 Å². The number of nitrogens with two attached hydrogens (primary N) is 1. The highest BCUT2D eigenvalue weighted by Gasteiger charge is 2.22. The number of rotatable bonds is 1. The lowest BCUT2D eigenvalue weighted by Crippen LogP contribution is -2.10. The normalized spacial score (nSPS) is 17.1. The molecule has 72 valence electrons. The average Bonchev–Trinajstić information content (AvgIpc) is 2.43. The molecule has 2 heterocycles. The zero-order valence-electron chi connectivity index (χ0n) is 7.83. The van der Waals surface area contributed by atoms with Gasteiger partial charge in [-0.1, -0.05) is 6.42 Å². The number of imidazole rings is 1. The van der Waals surface area contributed by atoms with Gasteiger partial charge in [0.1, 0.15) is 5.82 Å². The molecule has 0 radical (unpaired) electrons. The summed E-state index contributed by atoms with van der Waals surface area (Å²) in [6.07, 6.45) is 5.45. The van der Waals surface area contributed by atoms with E-state index < -0.39 is 0 Å². The first kappa shape index (κ1) is 7.79. The third kappa shape index (κ3) is 1.07. The van der Waals surface area contributed by atoms with Gasteiger partial charge in [0.15, 0.2) is 5.65 Å². The van der Waals surface area contributed by atoms with Crippen LogP contribution in [-0.2, 0) is 0 Å². The van der Waals surface area contributed by atoms with E-state index in [0.29, 0.717) is 11.6 Å². The zero-order valence-corrected chi connectivity index (χ0v) is 7.83. The molecule has 1 saturated carbocycles. The number of nitrogens with zero attached hydrogens (tertiary/aromatic N) is 2. The number of H-pyrrole nitrogens is 1. The zero-order chi connectivity index (χ0) is 9.54. The number of aromatic amines is 1. The predicted molar refractivity (Wildman–Crippen MR) is 54.9 cm³/mol. The van der Waals surface area contributed by atoms with Crippen molar-refractivity contribution in [3.63, 3.8) is 0 Å². The summed E-state index contributed by atoms with van der Waals surface area (Å²) >= 11 is 0. The van der Waals surface area contributed by atoms with Crippen LogP contribution in [0.4, 0.5) is 5.69 Å². The second-order valence-electron chi connectivity index (χ2n) is 3.89. The van der Waals surface area contributed by atoms with Crippen LogP contribution in [0.2, 0.25) is 0 Å². The molecule has 1 fully saturated rings. The van der Waals surface area contributed by atoms with Gasteiger partial charge in [-0.25, -0.2) is 9.97 Å². The first-order valence-electron chi connectivity index (χ1n) is 4.94. The highest BCUT2D eigenvalue weighted by atomic mass is 15.0. The van der Waals surface area contributed by atoms with E-state index in [9.17, 15) is 0 Å². The number of pyridine rings is 1. The number of fused-ring (bicyclic) bond motifs is 1. The quantitative estimate of drug-likeness (QED) is 0.717. The van der Waals surface area contributed by atoms with Crippen LogP contribution in [0.25, 0.3) is 11.2 Å². The molecule has 2 aromatic heterocycles. The molecule has 1 aliphatic rings. The summed E-state index contributed by atoms with van der Waals surface area (Å²) in [5.41, 5.74) is 8.06. The minimum absolute atomic E-state index is 0.616. The minimum atomic E-state index is 0.616. The van der Waals surface area contributed by atoms with Crippen LogP contribution in [0.5, 0.6) is 0 Å². The molecule has 0 aromatic carbocycles. The van der Waals surface area contributed by atoms with Gasteiger partial charge < -0.3 is 10.7 Å². The lowest BCUT2D eigenvalue weighted by atomic mass is 9.85. The first-order chi connectivity index (χ1) is 6.83. The summed E-state index contributed by atoms with van der Waals surface area (Å²) < 4.78 is 0. The molecule has 4 heteroatoms. The van der Waals surface area contributed by atoms with Gasteiger partial charge in [0, 0.05) is 5.92 Å². The molecule has 3 N–H and O–H groups in total. The summed E-state index contributed by atoms with van der Waals surface area (Å²) in [6, 6.07) is 1.89. The molecular formula is C10H12N4. The summed E-state index contributed by atoms with van der Waals surface area (Å²) in [4.78, 5) is 11.9. The Bertz CT molecular complexity index is 470. The molecule has 0 aliphatic heterocycles. The standard InChI is InChI=1S/C10H12N4/c11-7-4-8-10(12-5-7)14-9(13-8)6-2-1-3-6/h4-6H,1-3,11H2,(H,12,13,14). The van der Waals surface area contributed by atoms with Gasteiger partial charge in [-0.2, -0.15) is 0 Å². The highest BCUT2D eigenvalue weighted by molar-refractivity contribution is 5.74. The van der Waals surface area contributed by atoms with Crippen LogP contribution in [-0.4, -0.2) is 15.0 Å². The molecule has 0 spiro atoms. The van der Waals surface area contributed by atoms with Crippen molar-refractivity contribution in [1.82, 2.24) is 15.0 Å². The maximum Gasteiger partial charge on any atom is 0.177 e. The summed E-state index contributed by atoms with van der Waals surface area (Å²) in [5, 5.41) is 0. The number of anilines is 1. The van der Waals surface area contributed by atoms with Crippen molar-refractivity contribution in [2.24, 2.45) is 0 Å². The maximum absolute atomic E-state index is 5.65. The molecule has 0 atom stereocenters. The first-order valence-corrected chi connectivity index (χ1v) is 4.94. The third-order valence-corrected chi connectivity index (χ3v) is 2.87. The van der Waals surface area contributed by atoms with E-state index >= 15 is 0 Å². The molecule has 2 aromatic rings. The SMILES string of the molecule is Nc1cnc2nc(C3CCC3)[nH]c2c1. The lowest BCUT2D eigenvalue weighted by molar-refractivity contribution is 0.404. The number of nitrogen functional groups attached to an aromatic ring is 1. The van der Waals surface area contributed by atoms with E-state index in [1.54, 1.807) is 6.20 Å². The van der Waals surface area contributed by atoms with E-state index in [1.165, 1.54) is 19.3 Å². The number of nitrogens with one attached hydrogen (secondary N) is 1. The summed E-state index contributed by atoms with van der Waals surface area (Å²) in [7, 11) is 0. The summed E-state index contributed by atoms with van der Waals surface area (Å²) in [6.45, 7) is 0. The molecule has 0 bridgehead atoms. The predicted octanol–water partition coefficient (Wildman–Crippen LogP) is 1.81. The Hall–Kier alpha value is -1.58. The molecular weight excluding hydrogens is 176 g/mol. The Kier molecular flexibility index (Phi) is 1.50. The topological polar surface area (TPSA) is 67.6 Å². The second kappa shape index (κ2) is 2.70. The average molecular weight is 188 g/mol. The molecule has 0 amide bonds. The number of aromatic nitrogens is 3. The molecule has 4 nitrogen and oxygen atoms in total. The van der Waals surface area contributed by atoms with E-state index in [4.69, 9.17) is 5.73 Å². The van der Waals surface area contributed by atoms with Crippen molar-refractivity contribution in [3.8, 4) is 0 Å². The molecule has 3 rings (SSSR count). The molecule has 0 saturated heterocycles. The van der Waals surface area contributed by atoms with Gasteiger partial charge in [-0.05, 0) is 18.9 Å². The van der Waals surface area contributed by atoms with Crippen molar-refractivity contribution in [3.05, 3.63) is 18.1 Å². The van der Waals surface area contributed by atoms with Gasteiger partial charge in [-0.3, -0.25) is 0 Å². The van der Waals surface area contributed by atoms with Gasteiger partial charge in [0.05, 0.1) is 17.4 Å². The minimum Gasteiger partial charge on any atom is -0.397 e. The van der Waals surface area contributed by atoms with E-state index in [1.807, 2.05) is 6.07 Å². The van der Waals surface area contributed by atoms with Crippen LogP contribution in [0.3, 0.4) is 0 Å². The Morgan fingerprint density at radius 2 is 2.29 bits per heavy atom. The summed E-state index contributed by atoms with van der Waals surface area (Å²) in [5.74, 6) is 1.69. The van der Waals surface area contributed by atoms with E-state index in [0.717, 1.165) is 17.0 Å². The van der Waals surface area contributed by atoms with Crippen molar-refractivity contribution < 1.29 is 0 Å². The Morgan fingerprint density at radius 3 is 3.00 bits per heavy atom. The van der Waals surface area contributed by atoms with Crippen molar-refractivity contribution in [1.29, 1.82) is 0 Å². The van der Waals surface area contributed by atoms with E-state index in [2.05, 4.69) is 15.0 Å². The molecule has 1 aliphatic carbocycles. The maximum atomic E-state index is 5.65. The Morgan fingerprint density at radius 1 is 1.43 bits per heavy atom.